The Kier molecular flexibility index (Phi) is 5.71. The van der Waals surface area contributed by atoms with E-state index >= 15 is 0 Å². The number of esters is 1. The molecule has 0 saturated carbocycles. The van der Waals surface area contributed by atoms with Gasteiger partial charge in [0.1, 0.15) is 16.4 Å². The average molecular weight is 441 g/mol. The number of hydrogen-bond donors (Lipinski definition) is 1. The van der Waals surface area contributed by atoms with Crippen molar-refractivity contribution in [1.82, 2.24) is 0 Å². The van der Waals surface area contributed by atoms with Crippen LogP contribution < -0.4 is 9.47 Å². The zero-order valence-corrected chi connectivity index (χ0v) is 17.9. The first kappa shape index (κ1) is 21.7. The van der Waals surface area contributed by atoms with Gasteiger partial charge in [0.15, 0.2) is 11.5 Å². The van der Waals surface area contributed by atoms with Gasteiger partial charge in [-0.3, -0.25) is 14.4 Å². The number of rotatable bonds is 6. The summed E-state index contributed by atoms with van der Waals surface area (Å²) in [5, 5.41) is 9.35. The van der Waals surface area contributed by atoms with E-state index in [1.165, 1.54) is 19.9 Å². The highest BCUT2D eigenvalue weighted by atomic mass is 35.5. The maximum atomic E-state index is 12.3. The fourth-order valence-electron chi connectivity index (χ4n) is 3.74. The molecule has 0 amide bonds. The van der Waals surface area contributed by atoms with Crippen LogP contribution in [0.15, 0.2) is 12.1 Å². The second-order valence-electron chi connectivity index (χ2n) is 8.09. The lowest BCUT2D eigenvalue weighted by Crippen LogP contribution is -2.36. The van der Waals surface area contributed by atoms with Crippen LogP contribution in [-0.2, 0) is 14.4 Å². The quantitative estimate of drug-likeness (QED) is 0.489. The molecular weight excluding hydrogens is 419 g/mol. The zero-order valence-electron chi connectivity index (χ0n) is 16.4. The lowest BCUT2D eigenvalue weighted by molar-refractivity contribution is -0.152. The first-order chi connectivity index (χ1) is 13.5. The van der Waals surface area contributed by atoms with E-state index in [-0.39, 0.29) is 28.0 Å². The first-order valence-electron chi connectivity index (χ1n) is 9.41. The van der Waals surface area contributed by atoms with Gasteiger partial charge in [0.2, 0.25) is 0 Å². The van der Waals surface area contributed by atoms with Crippen LogP contribution in [-0.4, -0.2) is 28.4 Å². The molecule has 0 fully saturated rings. The average Bonchev–Trinajstić information content (AvgIpc) is 2.92. The van der Waals surface area contributed by atoms with Gasteiger partial charge in [0.05, 0.1) is 16.9 Å². The molecule has 156 valence electrons. The van der Waals surface area contributed by atoms with Crippen LogP contribution in [0.3, 0.4) is 0 Å². The minimum absolute atomic E-state index is 0.00109. The number of benzene rings is 1. The molecule has 0 aromatic heterocycles. The number of hydrogen-bond acceptors (Lipinski definition) is 5. The van der Waals surface area contributed by atoms with Gasteiger partial charge in [-0.15, -0.1) is 0 Å². The maximum Gasteiger partial charge on any atom is 0.312 e. The third-order valence-corrected chi connectivity index (χ3v) is 6.18. The molecule has 6 nitrogen and oxygen atoms in total. The van der Waals surface area contributed by atoms with Crippen molar-refractivity contribution in [2.75, 3.05) is 0 Å². The summed E-state index contributed by atoms with van der Waals surface area (Å²) in [4.78, 5) is 35.5. The molecule has 1 aliphatic heterocycles. The predicted molar refractivity (Wildman–Crippen MR) is 109 cm³/mol. The van der Waals surface area contributed by atoms with Crippen LogP contribution in [0.5, 0.6) is 11.5 Å². The normalized spacial score (nSPS) is 20.4. The van der Waals surface area contributed by atoms with Crippen molar-refractivity contribution in [3.63, 3.8) is 0 Å². The van der Waals surface area contributed by atoms with Gasteiger partial charge in [-0.05, 0) is 32.8 Å². The molecule has 1 heterocycles. The summed E-state index contributed by atoms with van der Waals surface area (Å²) in [5.74, 6) is -1.46. The Labute approximate surface area is 178 Å². The fourth-order valence-corrected chi connectivity index (χ4v) is 4.21. The van der Waals surface area contributed by atoms with Crippen molar-refractivity contribution in [3.05, 3.63) is 27.8 Å². The molecule has 1 unspecified atom stereocenters. The lowest BCUT2D eigenvalue weighted by atomic mass is 9.78. The number of aliphatic carboxylic acids is 1. The van der Waals surface area contributed by atoms with Gasteiger partial charge in [0.25, 0.3) is 0 Å². The number of ether oxygens (including phenoxy) is 2. The summed E-state index contributed by atoms with van der Waals surface area (Å²) >= 11 is 12.8. The number of carboxylic acids is 1. The Balaban J connectivity index is 1.97. The number of carbonyl (C=O) groups excluding carboxylic acids is 2. The molecule has 1 aromatic carbocycles. The van der Waals surface area contributed by atoms with E-state index in [0.29, 0.717) is 36.1 Å². The van der Waals surface area contributed by atoms with Crippen LogP contribution in [0.25, 0.3) is 5.57 Å². The molecule has 1 aliphatic carbocycles. The van der Waals surface area contributed by atoms with Crippen molar-refractivity contribution in [1.29, 1.82) is 0 Å². The monoisotopic (exact) mass is 440 g/mol. The Bertz CT molecular complexity index is 934. The Hall–Kier alpha value is -2.05. The van der Waals surface area contributed by atoms with Crippen LogP contribution >= 0.6 is 23.2 Å². The highest BCUT2D eigenvalue weighted by molar-refractivity contribution is 6.44. The number of halogens is 2. The molecule has 1 N–H and O–H groups in total. The van der Waals surface area contributed by atoms with E-state index in [0.717, 1.165) is 6.42 Å². The van der Waals surface area contributed by atoms with E-state index in [9.17, 15) is 19.5 Å². The van der Waals surface area contributed by atoms with Crippen molar-refractivity contribution in [2.24, 2.45) is 5.41 Å². The third kappa shape index (κ3) is 3.88. The van der Waals surface area contributed by atoms with Crippen molar-refractivity contribution in [3.8, 4) is 11.5 Å². The minimum Gasteiger partial charge on any atom is -0.482 e. The number of carboxylic acid groups (broad SMARTS) is 1. The predicted octanol–water partition coefficient (Wildman–Crippen LogP) is 5.08. The van der Waals surface area contributed by atoms with Gasteiger partial charge < -0.3 is 14.6 Å². The Morgan fingerprint density at radius 3 is 2.62 bits per heavy atom. The van der Waals surface area contributed by atoms with Gasteiger partial charge in [-0.25, -0.2) is 0 Å². The Morgan fingerprint density at radius 1 is 1.31 bits per heavy atom. The van der Waals surface area contributed by atoms with Gasteiger partial charge >= 0.3 is 11.9 Å². The van der Waals surface area contributed by atoms with Crippen LogP contribution in [0, 0.1) is 5.41 Å². The highest BCUT2D eigenvalue weighted by Gasteiger charge is 2.47. The summed E-state index contributed by atoms with van der Waals surface area (Å²) < 4.78 is 11.6. The summed E-state index contributed by atoms with van der Waals surface area (Å²) in [6.07, 6.45) is 3.70. The standard InChI is InChI=1S/C21H22Cl2O6/c1-4-6-21-7-5-11(24)8-12(21)16-13(29-21)9-14(17(22)18(16)23)28-15(25)10-20(2,3)19(26)27/h8-9H,4-7,10H2,1-3H3,(H,26,27). The Morgan fingerprint density at radius 2 is 2.00 bits per heavy atom. The summed E-state index contributed by atoms with van der Waals surface area (Å²) in [7, 11) is 0. The summed E-state index contributed by atoms with van der Waals surface area (Å²) in [5.41, 5.74) is -0.677. The van der Waals surface area contributed by atoms with E-state index in [2.05, 4.69) is 0 Å². The molecular formula is C21H22Cl2O6. The number of allylic oxidation sites excluding steroid dienone is 1. The molecule has 1 atom stereocenters. The maximum absolute atomic E-state index is 12.3. The molecule has 29 heavy (non-hydrogen) atoms. The van der Waals surface area contributed by atoms with Gasteiger partial charge in [-0.2, -0.15) is 0 Å². The highest BCUT2D eigenvalue weighted by Crippen LogP contribution is 2.56. The molecule has 2 aliphatic rings. The number of carbonyl (C=O) groups is 3. The van der Waals surface area contributed by atoms with Crippen LogP contribution in [0.4, 0.5) is 0 Å². The molecule has 0 radical (unpaired) electrons. The fraction of sp³-hybridized carbons (Fsp3) is 0.476. The second-order valence-corrected chi connectivity index (χ2v) is 8.84. The first-order valence-corrected chi connectivity index (χ1v) is 10.2. The SMILES string of the molecule is CCCC12CCC(=O)C=C1c1c(cc(OC(=O)CC(C)(C)C(=O)O)c(Cl)c1Cl)O2. The second kappa shape index (κ2) is 7.65. The topological polar surface area (TPSA) is 89.9 Å². The third-order valence-electron chi connectivity index (χ3n) is 5.33. The summed E-state index contributed by atoms with van der Waals surface area (Å²) in [6, 6.07) is 1.48. The smallest absolute Gasteiger partial charge is 0.312 e. The van der Waals surface area contributed by atoms with Crippen molar-refractivity contribution < 1.29 is 29.0 Å². The van der Waals surface area contributed by atoms with E-state index < -0.39 is 23.0 Å². The lowest BCUT2D eigenvalue weighted by Gasteiger charge is -2.32. The van der Waals surface area contributed by atoms with Crippen molar-refractivity contribution >= 4 is 46.5 Å². The van der Waals surface area contributed by atoms with E-state index in [1.54, 1.807) is 6.08 Å². The van der Waals surface area contributed by atoms with Crippen molar-refractivity contribution in [2.45, 2.75) is 58.5 Å². The number of ketones is 1. The molecule has 8 heteroatoms. The zero-order chi connectivity index (χ0) is 21.6. The summed E-state index contributed by atoms with van der Waals surface area (Å²) in [6.45, 7) is 4.89. The molecule has 1 aromatic rings. The van der Waals surface area contributed by atoms with Gasteiger partial charge in [-0.1, -0.05) is 36.5 Å². The molecule has 0 bridgehead atoms. The minimum atomic E-state index is -1.29. The van der Waals surface area contributed by atoms with Crippen LogP contribution in [0.1, 0.15) is 58.4 Å². The molecule has 0 saturated heterocycles. The molecule has 0 spiro atoms. The van der Waals surface area contributed by atoms with Crippen LogP contribution in [0.2, 0.25) is 10.0 Å². The number of fused-ring (bicyclic) bond motifs is 3. The largest absolute Gasteiger partial charge is 0.482 e. The van der Waals surface area contributed by atoms with Gasteiger partial charge in [0, 0.05) is 23.6 Å². The van der Waals surface area contributed by atoms with E-state index in [1.807, 2.05) is 6.92 Å². The molecule has 3 rings (SSSR count). The van der Waals surface area contributed by atoms with E-state index in [4.69, 9.17) is 32.7 Å².